The summed E-state index contributed by atoms with van der Waals surface area (Å²) in [6.45, 7) is 1.61. The van der Waals surface area contributed by atoms with E-state index in [1.54, 1.807) is 43.5 Å². The van der Waals surface area contributed by atoms with Gasteiger partial charge in [0.25, 0.3) is 11.6 Å². The predicted molar refractivity (Wildman–Crippen MR) is 138 cm³/mol. The summed E-state index contributed by atoms with van der Waals surface area (Å²) in [7, 11) is 0. The number of rotatable bonds is 6. The van der Waals surface area contributed by atoms with Crippen molar-refractivity contribution in [3.05, 3.63) is 118 Å². The number of benzene rings is 3. The van der Waals surface area contributed by atoms with Crippen molar-refractivity contribution in [2.24, 2.45) is 0 Å². The molecule has 0 fully saturated rings. The summed E-state index contributed by atoms with van der Waals surface area (Å²) in [4.78, 5) is 36.0. The molecule has 1 atom stereocenters. The van der Waals surface area contributed by atoms with Gasteiger partial charge >= 0.3 is 6.03 Å². The molecule has 0 saturated carbocycles. The van der Waals surface area contributed by atoms with Crippen LogP contribution in [0.1, 0.15) is 18.5 Å². The fraction of sp³-hybridized carbons (Fsp3) is 0.0714. The van der Waals surface area contributed by atoms with Crippen LogP contribution >= 0.6 is 0 Å². The van der Waals surface area contributed by atoms with Crippen LogP contribution in [0.3, 0.4) is 0 Å². The van der Waals surface area contributed by atoms with E-state index in [1.807, 2.05) is 18.2 Å². The molecule has 9 nitrogen and oxygen atoms in total. The standard InChI is InChI=1S/C28H21FN4O5/c1-16-25(27(34)31-22-3-2-4-23(14-22)33(36)37)26(32-28(35)30-16)19-7-5-18(6-8-19)24-13-20(15-38-24)17-9-11-21(29)12-10-17/h2-15,26H,1H3,(H,31,34)(H2,30,32,35)/t26-/m1/s1. The van der Waals surface area contributed by atoms with Crippen LogP contribution in [-0.4, -0.2) is 16.9 Å². The van der Waals surface area contributed by atoms with E-state index in [9.17, 15) is 24.1 Å². The normalized spacial score (nSPS) is 15.0. The number of hydrogen-bond acceptors (Lipinski definition) is 5. The Morgan fingerprint density at radius 1 is 1.00 bits per heavy atom. The molecular formula is C28H21FN4O5. The van der Waals surface area contributed by atoms with Crippen molar-refractivity contribution in [2.75, 3.05) is 5.32 Å². The Morgan fingerprint density at radius 2 is 1.71 bits per heavy atom. The van der Waals surface area contributed by atoms with Crippen molar-refractivity contribution in [3.8, 4) is 22.5 Å². The largest absolute Gasteiger partial charge is 0.464 e. The van der Waals surface area contributed by atoms with Crippen molar-refractivity contribution in [1.29, 1.82) is 0 Å². The third-order valence-corrected chi connectivity index (χ3v) is 6.13. The lowest BCUT2D eigenvalue weighted by Crippen LogP contribution is -2.45. The molecule has 0 unspecified atom stereocenters. The molecule has 0 radical (unpaired) electrons. The smallest absolute Gasteiger partial charge is 0.319 e. The molecule has 1 aliphatic heterocycles. The summed E-state index contributed by atoms with van der Waals surface area (Å²) >= 11 is 0. The molecule has 38 heavy (non-hydrogen) atoms. The number of non-ortho nitro benzene ring substituents is 1. The fourth-order valence-corrected chi connectivity index (χ4v) is 4.26. The maximum atomic E-state index is 13.2. The van der Waals surface area contributed by atoms with E-state index in [2.05, 4.69) is 16.0 Å². The fourth-order valence-electron chi connectivity index (χ4n) is 4.26. The molecule has 3 amide bonds. The third-order valence-electron chi connectivity index (χ3n) is 6.13. The lowest BCUT2D eigenvalue weighted by molar-refractivity contribution is -0.384. The molecule has 0 saturated heterocycles. The van der Waals surface area contributed by atoms with Crippen LogP contribution in [0.15, 0.2) is 101 Å². The lowest BCUT2D eigenvalue weighted by atomic mass is 9.93. The topological polar surface area (TPSA) is 127 Å². The van der Waals surface area contributed by atoms with Crippen LogP contribution in [0.25, 0.3) is 22.5 Å². The van der Waals surface area contributed by atoms with Gasteiger partial charge in [-0.15, -0.1) is 0 Å². The van der Waals surface area contributed by atoms with E-state index >= 15 is 0 Å². The van der Waals surface area contributed by atoms with Gasteiger partial charge in [0.2, 0.25) is 0 Å². The minimum atomic E-state index is -0.761. The third kappa shape index (κ3) is 5.00. The molecule has 2 heterocycles. The first-order chi connectivity index (χ1) is 18.3. The number of nitro benzene ring substituents is 1. The van der Waals surface area contributed by atoms with Crippen LogP contribution < -0.4 is 16.0 Å². The van der Waals surface area contributed by atoms with E-state index in [4.69, 9.17) is 4.42 Å². The van der Waals surface area contributed by atoms with E-state index < -0.39 is 22.9 Å². The number of hydrogen-bond donors (Lipinski definition) is 3. The molecule has 0 spiro atoms. The maximum Gasteiger partial charge on any atom is 0.319 e. The summed E-state index contributed by atoms with van der Waals surface area (Å²) in [6, 6.07) is 19.5. The number of halogens is 1. The van der Waals surface area contributed by atoms with Gasteiger partial charge in [-0.1, -0.05) is 42.5 Å². The Labute approximate surface area is 216 Å². The first-order valence-corrected chi connectivity index (χ1v) is 11.6. The van der Waals surface area contributed by atoms with Gasteiger partial charge in [-0.2, -0.15) is 0 Å². The average molecular weight is 512 g/mol. The van der Waals surface area contributed by atoms with E-state index in [-0.39, 0.29) is 22.8 Å². The summed E-state index contributed by atoms with van der Waals surface area (Å²) in [5, 5.41) is 19.1. The number of allylic oxidation sites excluding steroid dienone is 1. The average Bonchev–Trinajstić information content (AvgIpc) is 3.39. The highest BCUT2D eigenvalue weighted by molar-refractivity contribution is 6.07. The molecule has 1 aromatic heterocycles. The Bertz CT molecular complexity index is 1580. The maximum absolute atomic E-state index is 13.2. The van der Waals surface area contributed by atoms with Gasteiger partial charge in [0.1, 0.15) is 11.6 Å². The number of carbonyl (C=O) groups excluding carboxylic acids is 2. The SMILES string of the molecule is CC1=C(C(=O)Nc2cccc([N+](=O)[O-])c2)[C@@H](c2ccc(-c3cc(-c4ccc(F)cc4)co3)cc2)NC(=O)N1. The molecule has 4 aromatic rings. The number of nitrogens with zero attached hydrogens (tertiary/aromatic N) is 1. The van der Waals surface area contributed by atoms with Gasteiger partial charge in [0.15, 0.2) is 0 Å². The van der Waals surface area contributed by atoms with Crippen LogP contribution in [0.2, 0.25) is 0 Å². The van der Waals surface area contributed by atoms with Gasteiger partial charge in [-0.25, -0.2) is 9.18 Å². The molecule has 0 bridgehead atoms. The van der Waals surface area contributed by atoms with Gasteiger partial charge in [0.05, 0.1) is 22.8 Å². The quantitative estimate of drug-likeness (QED) is 0.218. The van der Waals surface area contributed by atoms with Gasteiger partial charge in [-0.05, 0) is 42.3 Å². The Balaban J connectivity index is 1.39. The number of carbonyl (C=O) groups is 2. The monoisotopic (exact) mass is 512 g/mol. The highest BCUT2D eigenvalue weighted by atomic mass is 19.1. The van der Waals surface area contributed by atoms with Crippen LogP contribution in [0.5, 0.6) is 0 Å². The molecule has 5 rings (SSSR count). The number of urea groups is 1. The van der Waals surface area contributed by atoms with Crippen LogP contribution in [-0.2, 0) is 4.79 Å². The van der Waals surface area contributed by atoms with Gasteiger partial charge in [-0.3, -0.25) is 14.9 Å². The van der Waals surface area contributed by atoms with Gasteiger partial charge < -0.3 is 20.4 Å². The molecule has 3 aromatic carbocycles. The summed E-state index contributed by atoms with van der Waals surface area (Å²) in [5.41, 5.74) is 3.76. The van der Waals surface area contributed by atoms with E-state index in [1.165, 1.54) is 30.3 Å². The number of furan rings is 1. The van der Waals surface area contributed by atoms with Crippen molar-refractivity contribution < 1.29 is 23.3 Å². The molecule has 1 aliphatic rings. The zero-order valence-electron chi connectivity index (χ0n) is 20.0. The first kappa shape index (κ1) is 24.4. The van der Waals surface area contributed by atoms with Crippen molar-refractivity contribution in [3.63, 3.8) is 0 Å². The Kier molecular flexibility index (Phi) is 6.44. The number of nitrogens with one attached hydrogen (secondary N) is 3. The number of amides is 3. The molecule has 3 N–H and O–H groups in total. The lowest BCUT2D eigenvalue weighted by Gasteiger charge is -2.28. The first-order valence-electron chi connectivity index (χ1n) is 11.6. The zero-order chi connectivity index (χ0) is 26.8. The summed E-state index contributed by atoms with van der Waals surface area (Å²) in [5.74, 6) is -0.236. The van der Waals surface area contributed by atoms with Crippen molar-refractivity contribution in [1.82, 2.24) is 10.6 Å². The van der Waals surface area contributed by atoms with E-state index in [0.29, 0.717) is 17.0 Å². The van der Waals surface area contributed by atoms with E-state index in [0.717, 1.165) is 16.7 Å². The van der Waals surface area contributed by atoms with Gasteiger partial charge in [0, 0.05) is 34.6 Å². The molecule has 0 aliphatic carbocycles. The second kappa shape index (κ2) is 10.0. The molecule has 10 heteroatoms. The second-order valence-electron chi connectivity index (χ2n) is 8.66. The predicted octanol–water partition coefficient (Wildman–Crippen LogP) is 5.93. The Morgan fingerprint density at radius 3 is 2.42 bits per heavy atom. The molecule has 190 valence electrons. The second-order valence-corrected chi connectivity index (χ2v) is 8.66. The highest BCUT2D eigenvalue weighted by Gasteiger charge is 2.31. The summed E-state index contributed by atoms with van der Waals surface area (Å²) < 4.78 is 18.9. The minimum Gasteiger partial charge on any atom is -0.464 e. The Hall–Kier alpha value is -5.25. The van der Waals surface area contributed by atoms with Crippen LogP contribution in [0, 0.1) is 15.9 Å². The zero-order valence-corrected chi connectivity index (χ0v) is 20.0. The number of nitro groups is 1. The molecular weight excluding hydrogens is 491 g/mol. The highest BCUT2D eigenvalue weighted by Crippen LogP contribution is 2.32. The van der Waals surface area contributed by atoms with Crippen molar-refractivity contribution >= 4 is 23.3 Å². The minimum absolute atomic E-state index is 0.156. The summed E-state index contributed by atoms with van der Waals surface area (Å²) in [6.07, 6.45) is 1.59. The van der Waals surface area contributed by atoms with Crippen molar-refractivity contribution in [2.45, 2.75) is 13.0 Å². The number of anilines is 1. The van der Waals surface area contributed by atoms with Crippen LogP contribution in [0.4, 0.5) is 20.6 Å².